The third-order valence-corrected chi connectivity index (χ3v) is 2.81. The summed E-state index contributed by atoms with van der Waals surface area (Å²) in [5, 5.41) is 3.28. The molecule has 0 spiro atoms. The van der Waals surface area contributed by atoms with Gasteiger partial charge in [0.2, 0.25) is 0 Å². The first-order chi connectivity index (χ1) is 9.80. The van der Waals surface area contributed by atoms with Gasteiger partial charge in [0.05, 0.1) is 6.61 Å². The van der Waals surface area contributed by atoms with Crippen LogP contribution in [-0.4, -0.2) is 28.5 Å². The molecule has 0 radical (unpaired) electrons. The van der Waals surface area contributed by atoms with Gasteiger partial charge in [-0.05, 0) is 13.0 Å². The van der Waals surface area contributed by atoms with Crippen molar-refractivity contribution in [2.45, 2.75) is 51.8 Å². The summed E-state index contributed by atoms with van der Waals surface area (Å²) in [7, 11) is 0. The largest absolute Gasteiger partial charge is 0.465 e. The molecule has 9 heteroatoms. The minimum atomic E-state index is -5.76. The number of esters is 1. The zero-order chi connectivity index (χ0) is 17.3. The van der Waals surface area contributed by atoms with E-state index in [-0.39, 0.29) is 12.3 Å². The smallest absolute Gasteiger partial charge is 0.459 e. The average molecular weight is 328 g/mol. The van der Waals surface area contributed by atoms with E-state index in [1.807, 2.05) is 0 Å². The minimum Gasteiger partial charge on any atom is -0.465 e. The van der Waals surface area contributed by atoms with Crippen LogP contribution in [0, 0.1) is 0 Å². The summed E-state index contributed by atoms with van der Waals surface area (Å²) >= 11 is 0. The van der Waals surface area contributed by atoms with Crippen molar-refractivity contribution in [1.82, 2.24) is 9.78 Å². The number of hydrogen-bond acceptors (Lipinski definition) is 3. The van der Waals surface area contributed by atoms with Gasteiger partial charge in [-0.2, -0.15) is 27.1 Å². The predicted molar refractivity (Wildman–Crippen MR) is 67.5 cm³/mol. The first kappa shape index (κ1) is 18.4. The lowest BCUT2D eigenvalue weighted by molar-refractivity contribution is -0.291. The molecule has 1 heterocycles. The molecule has 0 bridgehead atoms. The van der Waals surface area contributed by atoms with Gasteiger partial charge in [0.15, 0.2) is 0 Å². The van der Waals surface area contributed by atoms with E-state index in [2.05, 4.69) is 9.84 Å². The van der Waals surface area contributed by atoms with Gasteiger partial charge < -0.3 is 4.74 Å². The van der Waals surface area contributed by atoms with E-state index in [1.165, 1.54) is 0 Å². The van der Waals surface area contributed by atoms with Crippen molar-refractivity contribution >= 4 is 5.97 Å². The Morgan fingerprint density at radius 3 is 2.18 bits per heavy atom. The van der Waals surface area contributed by atoms with E-state index in [1.54, 1.807) is 27.7 Å². The lowest BCUT2D eigenvalue weighted by Crippen LogP contribution is -2.34. The van der Waals surface area contributed by atoms with Crippen molar-refractivity contribution in [2.24, 2.45) is 0 Å². The van der Waals surface area contributed by atoms with Crippen LogP contribution < -0.4 is 0 Å². The molecule has 0 saturated heterocycles. The zero-order valence-corrected chi connectivity index (χ0v) is 12.6. The SMILES string of the molecule is CCOC(=O)Cn1nc(C(F)(F)C(F)(F)F)cc1C(C)(C)C. The van der Waals surface area contributed by atoms with Crippen LogP contribution in [0.25, 0.3) is 0 Å². The molecule has 0 fully saturated rings. The Kier molecular flexibility index (Phi) is 4.88. The molecule has 126 valence electrons. The predicted octanol–water partition coefficient (Wildman–Crippen LogP) is 3.40. The van der Waals surface area contributed by atoms with Crippen LogP contribution in [0.4, 0.5) is 22.0 Å². The second-order valence-electron chi connectivity index (χ2n) is 5.70. The van der Waals surface area contributed by atoms with Gasteiger partial charge in [0.1, 0.15) is 12.2 Å². The molecule has 0 aliphatic rings. The van der Waals surface area contributed by atoms with E-state index in [0.29, 0.717) is 6.07 Å². The second-order valence-corrected chi connectivity index (χ2v) is 5.70. The molecule has 22 heavy (non-hydrogen) atoms. The molecule has 1 aromatic rings. The molecule has 0 saturated carbocycles. The highest BCUT2D eigenvalue weighted by Gasteiger charge is 2.60. The lowest BCUT2D eigenvalue weighted by atomic mass is 9.91. The van der Waals surface area contributed by atoms with Crippen LogP contribution >= 0.6 is 0 Å². The molecule has 0 aromatic carbocycles. The maximum atomic E-state index is 13.4. The third kappa shape index (κ3) is 3.75. The summed E-state index contributed by atoms with van der Waals surface area (Å²) in [4.78, 5) is 11.5. The highest BCUT2D eigenvalue weighted by Crippen LogP contribution is 2.44. The van der Waals surface area contributed by atoms with Crippen molar-refractivity contribution in [2.75, 3.05) is 6.61 Å². The van der Waals surface area contributed by atoms with Gasteiger partial charge in [0, 0.05) is 11.1 Å². The fourth-order valence-electron chi connectivity index (χ4n) is 1.77. The molecular formula is C13H17F5N2O2. The molecule has 1 rings (SSSR count). The number of rotatable bonds is 4. The fourth-order valence-corrected chi connectivity index (χ4v) is 1.77. The van der Waals surface area contributed by atoms with E-state index in [4.69, 9.17) is 0 Å². The number of hydrogen-bond donors (Lipinski definition) is 0. The maximum absolute atomic E-state index is 13.4. The molecule has 1 aromatic heterocycles. The number of carbonyl (C=O) groups excluding carboxylic acids is 1. The molecule has 0 aliphatic heterocycles. The van der Waals surface area contributed by atoms with Crippen molar-refractivity contribution < 1.29 is 31.5 Å². The first-order valence-corrected chi connectivity index (χ1v) is 6.49. The van der Waals surface area contributed by atoms with Crippen LogP contribution in [0.3, 0.4) is 0 Å². The fraction of sp³-hybridized carbons (Fsp3) is 0.692. The summed E-state index contributed by atoms with van der Waals surface area (Å²) in [6.45, 7) is 5.92. The molecule has 4 nitrogen and oxygen atoms in total. The Bertz CT molecular complexity index is 544. The number of alkyl halides is 5. The molecule has 0 unspecified atom stereocenters. The van der Waals surface area contributed by atoms with Gasteiger partial charge in [-0.25, -0.2) is 0 Å². The lowest BCUT2D eigenvalue weighted by Gasteiger charge is -2.19. The van der Waals surface area contributed by atoms with E-state index in [9.17, 15) is 26.7 Å². The van der Waals surface area contributed by atoms with Crippen molar-refractivity contribution in [3.63, 3.8) is 0 Å². The molecular weight excluding hydrogens is 311 g/mol. The van der Waals surface area contributed by atoms with Crippen molar-refractivity contribution in [3.05, 3.63) is 17.5 Å². The Morgan fingerprint density at radius 1 is 1.23 bits per heavy atom. The summed E-state index contributed by atoms with van der Waals surface area (Å²) in [5.74, 6) is -5.86. The number of ether oxygens (including phenoxy) is 1. The van der Waals surface area contributed by atoms with Crippen LogP contribution in [0.1, 0.15) is 39.1 Å². The second kappa shape index (κ2) is 5.85. The number of carbonyl (C=O) groups is 1. The first-order valence-electron chi connectivity index (χ1n) is 6.49. The van der Waals surface area contributed by atoms with E-state index in [0.717, 1.165) is 4.68 Å². The summed E-state index contributed by atoms with van der Waals surface area (Å²) in [6.07, 6.45) is -5.76. The standard InChI is InChI=1S/C13H17F5N2O2/c1-5-22-10(21)7-20-9(11(2,3)4)6-8(19-20)12(14,15)13(16,17)18/h6H,5,7H2,1-4H3. The van der Waals surface area contributed by atoms with Gasteiger partial charge in [-0.1, -0.05) is 20.8 Å². The van der Waals surface area contributed by atoms with Crippen LogP contribution in [0.5, 0.6) is 0 Å². The van der Waals surface area contributed by atoms with Crippen molar-refractivity contribution in [3.8, 4) is 0 Å². The van der Waals surface area contributed by atoms with Gasteiger partial charge >= 0.3 is 18.1 Å². The highest BCUT2D eigenvalue weighted by molar-refractivity contribution is 5.69. The van der Waals surface area contributed by atoms with Crippen LogP contribution in [0.15, 0.2) is 6.07 Å². The Hall–Kier alpha value is -1.67. The monoisotopic (exact) mass is 328 g/mol. The summed E-state index contributed by atoms with van der Waals surface area (Å²) < 4.78 is 69.7. The van der Waals surface area contributed by atoms with Crippen LogP contribution in [0.2, 0.25) is 0 Å². The molecule has 0 aliphatic carbocycles. The third-order valence-electron chi connectivity index (χ3n) is 2.81. The topological polar surface area (TPSA) is 44.1 Å². The highest BCUT2D eigenvalue weighted by atomic mass is 19.4. The number of halogens is 5. The molecule has 0 N–H and O–H groups in total. The summed E-state index contributed by atoms with van der Waals surface area (Å²) in [5.41, 5.74) is -2.13. The quantitative estimate of drug-likeness (QED) is 0.628. The maximum Gasteiger partial charge on any atom is 0.459 e. The average Bonchev–Trinajstić information content (AvgIpc) is 2.71. The summed E-state index contributed by atoms with van der Waals surface area (Å²) in [6, 6.07) is 0.673. The Morgan fingerprint density at radius 2 is 1.77 bits per heavy atom. The van der Waals surface area contributed by atoms with Crippen molar-refractivity contribution in [1.29, 1.82) is 0 Å². The Balaban J connectivity index is 3.30. The normalized spacial score (nSPS) is 13.3. The van der Waals surface area contributed by atoms with Gasteiger partial charge in [-0.15, -0.1) is 0 Å². The van der Waals surface area contributed by atoms with E-state index < -0.39 is 35.7 Å². The van der Waals surface area contributed by atoms with Gasteiger partial charge in [0.25, 0.3) is 0 Å². The number of aromatic nitrogens is 2. The zero-order valence-electron chi connectivity index (χ0n) is 12.6. The molecule has 0 amide bonds. The van der Waals surface area contributed by atoms with Crippen LogP contribution in [-0.2, 0) is 27.4 Å². The Labute approximate surface area is 124 Å². The van der Waals surface area contributed by atoms with E-state index >= 15 is 0 Å². The van der Waals surface area contributed by atoms with Gasteiger partial charge in [-0.3, -0.25) is 9.48 Å². The number of nitrogens with zero attached hydrogens (tertiary/aromatic N) is 2. The molecule has 0 atom stereocenters. The minimum absolute atomic E-state index is 0.0660.